The molecule has 0 saturated heterocycles. The molecule has 3 rings (SSSR count). The van der Waals surface area contributed by atoms with E-state index in [-0.39, 0.29) is 5.91 Å². The Hall–Kier alpha value is -2.29. The van der Waals surface area contributed by atoms with Crippen molar-refractivity contribution in [2.24, 2.45) is 0 Å². The van der Waals surface area contributed by atoms with E-state index in [1.165, 1.54) is 11.3 Å². The van der Waals surface area contributed by atoms with Crippen molar-refractivity contribution in [3.63, 3.8) is 0 Å². The summed E-state index contributed by atoms with van der Waals surface area (Å²) >= 11 is 3.02. The van der Waals surface area contributed by atoms with Crippen molar-refractivity contribution in [1.82, 2.24) is 9.88 Å². The van der Waals surface area contributed by atoms with Crippen LogP contribution >= 0.6 is 23.1 Å². The van der Waals surface area contributed by atoms with Crippen LogP contribution in [0.1, 0.15) is 16.8 Å². The van der Waals surface area contributed by atoms with Crippen LogP contribution in [0.25, 0.3) is 10.2 Å². The van der Waals surface area contributed by atoms with Gasteiger partial charge >= 0.3 is 0 Å². The van der Waals surface area contributed by atoms with Crippen molar-refractivity contribution < 1.29 is 14.3 Å². The summed E-state index contributed by atoms with van der Waals surface area (Å²) in [6.45, 7) is 1.45. The molecule has 0 saturated carbocycles. The fourth-order valence-electron chi connectivity index (χ4n) is 3.19. The minimum Gasteiger partial charge on any atom is -0.495 e. The first-order valence-electron chi connectivity index (χ1n) is 9.61. The Kier molecular flexibility index (Phi) is 7.58. The molecule has 0 aliphatic carbocycles. The fourth-order valence-corrected chi connectivity index (χ4v) is 4.87. The third kappa shape index (κ3) is 4.71. The van der Waals surface area contributed by atoms with Crippen molar-refractivity contribution in [2.75, 3.05) is 52.6 Å². The summed E-state index contributed by atoms with van der Waals surface area (Å²) in [6.07, 6.45) is 2.82. The summed E-state index contributed by atoms with van der Waals surface area (Å²) in [5, 5.41) is 0.646. The van der Waals surface area contributed by atoms with Crippen LogP contribution in [0.5, 0.6) is 11.5 Å². The summed E-state index contributed by atoms with van der Waals surface area (Å²) in [5.41, 5.74) is 1.40. The van der Waals surface area contributed by atoms with Crippen molar-refractivity contribution in [3.05, 3.63) is 42.0 Å². The number of aromatic nitrogens is 1. The monoisotopic (exact) mass is 445 g/mol. The molecular weight excluding hydrogens is 418 g/mol. The standard InChI is InChI=1S/C22H27N3O3S2/c1-24(2)13-8-14-25(21(26)15-9-6-7-10-18(15)29-5)22-23-19-16(27-3)11-12-17(28-4)20(19)30-22/h6-7,9-12H,8,13-14H2,1-5H3. The van der Waals surface area contributed by atoms with E-state index >= 15 is 0 Å². The van der Waals surface area contributed by atoms with E-state index in [0.29, 0.717) is 28.5 Å². The zero-order valence-corrected chi connectivity index (χ0v) is 19.6. The molecule has 0 aliphatic rings. The molecule has 160 valence electrons. The Balaban J connectivity index is 2.07. The molecule has 0 bridgehead atoms. The number of thiazole rings is 1. The first-order chi connectivity index (χ1) is 14.5. The average molecular weight is 446 g/mol. The first-order valence-corrected chi connectivity index (χ1v) is 11.7. The zero-order valence-electron chi connectivity index (χ0n) is 18.0. The molecule has 0 unspecified atom stereocenters. The van der Waals surface area contributed by atoms with E-state index in [2.05, 4.69) is 4.90 Å². The molecule has 1 aromatic heterocycles. The fraction of sp³-hybridized carbons (Fsp3) is 0.364. The molecule has 2 aromatic carbocycles. The molecule has 0 N–H and O–H groups in total. The molecule has 0 spiro atoms. The van der Waals surface area contributed by atoms with Crippen LogP contribution in [0, 0.1) is 0 Å². The second-order valence-corrected chi connectivity index (χ2v) is 8.78. The smallest absolute Gasteiger partial charge is 0.261 e. The van der Waals surface area contributed by atoms with Gasteiger partial charge in [-0.05, 0) is 57.6 Å². The predicted molar refractivity (Wildman–Crippen MR) is 126 cm³/mol. The minimum absolute atomic E-state index is 0.0457. The number of carbonyl (C=O) groups is 1. The van der Waals surface area contributed by atoms with Crippen LogP contribution < -0.4 is 14.4 Å². The maximum Gasteiger partial charge on any atom is 0.261 e. The summed E-state index contributed by atoms with van der Waals surface area (Å²) in [7, 11) is 7.32. The summed E-state index contributed by atoms with van der Waals surface area (Å²) in [4.78, 5) is 23.2. The molecule has 0 aliphatic heterocycles. The van der Waals surface area contributed by atoms with Gasteiger partial charge in [0.05, 0.1) is 19.8 Å². The highest BCUT2D eigenvalue weighted by Gasteiger charge is 2.25. The summed E-state index contributed by atoms with van der Waals surface area (Å²) in [6, 6.07) is 11.4. The third-order valence-corrected chi connectivity index (χ3v) is 6.59. The van der Waals surface area contributed by atoms with Crippen LogP contribution in [-0.4, -0.2) is 63.5 Å². The number of fused-ring (bicyclic) bond motifs is 1. The molecule has 6 nitrogen and oxygen atoms in total. The number of thioether (sulfide) groups is 1. The molecule has 0 radical (unpaired) electrons. The zero-order chi connectivity index (χ0) is 21.7. The van der Waals surface area contributed by atoms with Crippen LogP contribution in [-0.2, 0) is 0 Å². The number of nitrogens with zero attached hydrogens (tertiary/aromatic N) is 3. The van der Waals surface area contributed by atoms with Crippen molar-refractivity contribution in [2.45, 2.75) is 11.3 Å². The number of anilines is 1. The first kappa shape index (κ1) is 22.4. The molecule has 0 atom stereocenters. The molecular formula is C22H27N3O3S2. The number of methoxy groups -OCH3 is 2. The summed E-state index contributed by atoms with van der Waals surface area (Å²) < 4.78 is 11.9. The highest BCUT2D eigenvalue weighted by Crippen LogP contribution is 2.40. The van der Waals surface area contributed by atoms with E-state index in [1.54, 1.807) is 30.9 Å². The van der Waals surface area contributed by atoms with Gasteiger partial charge in [0.15, 0.2) is 5.13 Å². The lowest BCUT2D eigenvalue weighted by molar-refractivity contribution is 0.0983. The number of benzene rings is 2. The van der Waals surface area contributed by atoms with Gasteiger partial charge in [0.2, 0.25) is 0 Å². The quantitative estimate of drug-likeness (QED) is 0.448. The van der Waals surface area contributed by atoms with Crippen LogP contribution in [0.3, 0.4) is 0 Å². The normalized spacial score (nSPS) is 11.1. The number of rotatable bonds is 9. The Morgan fingerprint density at radius 3 is 2.43 bits per heavy atom. The van der Waals surface area contributed by atoms with Gasteiger partial charge in [0.1, 0.15) is 21.7 Å². The maximum absolute atomic E-state index is 13.6. The molecule has 0 fully saturated rings. The number of carbonyl (C=O) groups excluding carboxylic acids is 1. The van der Waals surface area contributed by atoms with Crippen molar-refractivity contribution in [3.8, 4) is 11.5 Å². The van der Waals surface area contributed by atoms with Gasteiger partial charge in [-0.15, -0.1) is 11.8 Å². The molecule has 1 amide bonds. The van der Waals surface area contributed by atoms with E-state index < -0.39 is 0 Å². The van der Waals surface area contributed by atoms with E-state index in [4.69, 9.17) is 14.5 Å². The largest absolute Gasteiger partial charge is 0.495 e. The SMILES string of the molecule is COc1ccc(OC)c2sc(N(CCCN(C)C)C(=O)c3ccccc3SC)nc12. The van der Waals surface area contributed by atoms with Crippen LogP contribution in [0.15, 0.2) is 41.3 Å². The van der Waals surface area contributed by atoms with Gasteiger partial charge < -0.3 is 14.4 Å². The molecule has 3 aromatic rings. The highest BCUT2D eigenvalue weighted by atomic mass is 32.2. The second kappa shape index (κ2) is 10.1. The Bertz CT molecular complexity index is 979. The third-order valence-electron chi connectivity index (χ3n) is 4.70. The number of hydrogen-bond acceptors (Lipinski definition) is 7. The highest BCUT2D eigenvalue weighted by molar-refractivity contribution is 7.98. The predicted octanol–water partition coefficient (Wildman–Crippen LogP) is 4.63. The second-order valence-electron chi connectivity index (χ2n) is 6.96. The Labute approximate surface area is 185 Å². The topological polar surface area (TPSA) is 54.9 Å². The van der Waals surface area contributed by atoms with Crippen LogP contribution in [0.4, 0.5) is 5.13 Å². The van der Waals surface area contributed by atoms with Gasteiger partial charge in [0, 0.05) is 11.4 Å². The lowest BCUT2D eigenvalue weighted by Gasteiger charge is -2.22. The number of ether oxygens (including phenoxy) is 2. The minimum atomic E-state index is -0.0457. The molecule has 8 heteroatoms. The average Bonchev–Trinajstić information content (AvgIpc) is 3.20. The number of amides is 1. The van der Waals surface area contributed by atoms with E-state index in [9.17, 15) is 4.79 Å². The van der Waals surface area contributed by atoms with Crippen molar-refractivity contribution >= 4 is 44.4 Å². The summed E-state index contributed by atoms with van der Waals surface area (Å²) in [5.74, 6) is 1.34. The lowest BCUT2D eigenvalue weighted by atomic mass is 10.2. The van der Waals surface area contributed by atoms with E-state index in [1.807, 2.05) is 56.7 Å². The lowest BCUT2D eigenvalue weighted by Crippen LogP contribution is -2.33. The van der Waals surface area contributed by atoms with Gasteiger partial charge in [-0.3, -0.25) is 9.69 Å². The van der Waals surface area contributed by atoms with Gasteiger partial charge in [0.25, 0.3) is 5.91 Å². The Morgan fingerprint density at radius 2 is 1.77 bits per heavy atom. The van der Waals surface area contributed by atoms with Crippen molar-refractivity contribution in [1.29, 1.82) is 0 Å². The van der Waals surface area contributed by atoms with Gasteiger partial charge in [-0.25, -0.2) is 4.98 Å². The van der Waals surface area contributed by atoms with Gasteiger partial charge in [-0.2, -0.15) is 0 Å². The maximum atomic E-state index is 13.6. The Morgan fingerprint density at radius 1 is 1.07 bits per heavy atom. The molecule has 30 heavy (non-hydrogen) atoms. The number of hydrogen-bond donors (Lipinski definition) is 0. The van der Waals surface area contributed by atoms with Gasteiger partial charge in [-0.1, -0.05) is 23.5 Å². The van der Waals surface area contributed by atoms with Crippen LogP contribution in [0.2, 0.25) is 0 Å². The molecule has 1 heterocycles. The van der Waals surface area contributed by atoms with E-state index in [0.717, 1.165) is 28.3 Å².